The zero-order valence-corrected chi connectivity index (χ0v) is 7.98. The number of pyridine rings is 1. The Morgan fingerprint density at radius 3 is 3.00 bits per heavy atom. The van der Waals surface area contributed by atoms with Crippen LogP contribution in [0.5, 0.6) is 0 Å². The van der Waals surface area contributed by atoms with Gasteiger partial charge in [0.2, 0.25) is 0 Å². The fourth-order valence-corrected chi connectivity index (χ4v) is 2.81. The summed E-state index contributed by atoms with van der Waals surface area (Å²) in [5.41, 5.74) is 0.289. The van der Waals surface area contributed by atoms with Gasteiger partial charge in [0.1, 0.15) is 5.60 Å². The average Bonchev–Trinajstić information content (AvgIpc) is 2.79. The second-order valence-electron chi connectivity index (χ2n) is 4.36. The summed E-state index contributed by atoms with van der Waals surface area (Å²) in [6.07, 6.45) is 6.64. The Hall–Kier alpha value is -0.930. The van der Waals surface area contributed by atoms with Crippen molar-refractivity contribution in [3.05, 3.63) is 30.1 Å². The van der Waals surface area contributed by atoms with E-state index in [9.17, 15) is 5.11 Å². The number of nitrogens with one attached hydrogen (secondary N) is 1. The lowest BCUT2D eigenvalue weighted by molar-refractivity contribution is 0.0115. The molecule has 2 fully saturated rings. The molecule has 2 saturated heterocycles. The van der Waals surface area contributed by atoms with Gasteiger partial charge in [0.15, 0.2) is 0 Å². The Balaban J connectivity index is 1.98. The van der Waals surface area contributed by atoms with E-state index in [2.05, 4.69) is 10.3 Å². The molecule has 14 heavy (non-hydrogen) atoms. The minimum atomic E-state index is -0.669. The molecular weight excluding hydrogens is 176 g/mol. The molecule has 3 nitrogen and oxygen atoms in total. The topological polar surface area (TPSA) is 45.2 Å². The Bertz CT molecular complexity index is 340. The smallest absolute Gasteiger partial charge is 0.108 e. The van der Waals surface area contributed by atoms with E-state index in [0.29, 0.717) is 6.04 Å². The number of aromatic nitrogens is 1. The predicted molar refractivity (Wildman–Crippen MR) is 52.7 cm³/mol. The van der Waals surface area contributed by atoms with Gasteiger partial charge in [0.05, 0.1) is 0 Å². The van der Waals surface area contributed by atoms with Gasteiger partial charge < -0.3 is 10.4 Å². The molecule has 3 atom stereocenters. The number of nitrogens with zero attached hydrogens (tertiary/aromatic N) is 1. The van der Waals surface area contributed by atoms with Crippen LogP contribution in [0.15, 0.2) is 24.5 Å². The number of hydrogen-bond acceptors (Lipinski definition) is 3. The number of aliphatic hydroxyl groups is 1. The minimum Gasteiger partial charge on any atom is -0.383 e. The maximum absolute atomic E-state index is 10.6. The lowest BCUT2D eigenvalue weighted by atomic mass is 9.80. The summed E-state index contributed by atoms with van der Waals surface area (Å²) in [6.45, 7) is 0. The van der Waals surface area contributed by atoms with Gasteiger partial charge in [-0.15, -0.1) is 0 Å². The van der Waals surface area contributed by atoms with E-state index in [0.717, 1.165) is 18.4 Å². The van der Waals surface area contributed by atoms with E-state index >= 15 is 0 Å². The van der Waals surface area contributed by atoms with Crippen LogP contribution in [0.2, 0.25) is 0 Å². The molecule has 0 unspecified atom stereocenters. The summed E-state index contributed by atoms with van der Waals surface area (Å²) in [5.74, 6) is 0. The van der Waals surface area contributed by atoms with E-state index in [-0.39, 0.29) is 6.04 Å². The highest BCUT2D eigenvalue weighted by molar-refractivity contribution is 5.25. The van der Waals surface area contributed by atoms with Crippen LogP contribution in [0.25, 0.3) is 0 Å². The summed E-state index contributed by atoms with van der Waals surface area (Å²) in [7, 11) is 0. The second-order valence-corrected chi connectivity index (χ2v) is 4.36. The fraction of sp³-hybridized carbons (Fsp3) is 0.545. The number of fused-ring (bicyclic) bond motifs is 2. The molecule has 0 aromatic carbocycles. The molecule has 3 heteroatoms. The van der Waals surface area contributed by atoms with E-state index in [1.54, 1.807) is 12.4 Å². The van der Waals surface area contributed by atoms with Crippen LogP contribution in [0.3, 0.4) is 0 Å². The summed E-state index contributed by atoms with van der Waals surface area (Å²) in [5, 5.41) is 14.0. The highest BCUT2D eigenvalue weighted by Crippen LogP contribution is 2.42. The molecule has 1 aromatic rings. The molecule has 0 spiro atoms. The minimum absolute atomic E-state index is 0.233. The molecular formula is C11H14N2O. The van der Waals surface area contributed by atoms with Gasteiger partial charge in [-0.2, -0.15) is 0 Å². The van der Waals surface area contributed by atoms with E-state index in [1.807, 2.05) is 12.1 Å². The van der Waals surface area contributed by atoms with Crippen LogP contribution in [0, 0.1) is 0 Å². The molecule has 3 rings (SSSR count). The molecule has 2 N–H and O–H groups in total. The van der Waals surface area contributed by atoms with Crippen LogP contribution in [0.1, 0.15) is 24.8 Å². The summed E-state index contributed by atoms with van der Waals surface area (Å²) in [4.78, 5) is 4.07. The van der Waals surface area contributed by atoms with Gasteiger partial charge in [-0.1, -0.05) is 6.07 Å². The van der Waals surface area contributed by atoms with Crippen molar-refractivity contribution >= 4 is 0 Å². The van der Waals surface area contributed by atoms with E-state index in [1.165, 1.54) is 6.42 Å². The van der Waals surface area contributed by atoms with Gasteiger partial charge >= 0.3 is 0 Å². The molecule has 3 heterocycles. The lowest BCUT2D eigenvalue weighted by Crippen LogP contribution is -2.39. The van der Waals surface area contributed by atoms with Gasteiger partial charge in [0.25, 0.3) is 0 Å². The van der Waals surface area contributed by atoms with Crippen LogP contribution < -0.4 is 5.32 Å². The summed E-state index contributed by atoms with van der Waals surface area (Å²) < 4.78 is 0. The monoisotopic (exact) mass is 190 g/mol. The molecule has 2 aliphatic rings. The standard InChI is InChI=1S/C11H14N2O/c14-11(8-2-1-5-12-7-8)6-9-3-4-10(11)13-9/h1-2,5,7,9-10,13-14H,3-4,6H2/t9-,10+,11-/m1/s1. The zero-order valence-electron chi connectivity index (χ0n) is 7.98. The first-order chi connectivity index (χ1) is 6.79. The fourth-order valence-electron chi connectivity index (χ4n) is 2.81. The van der Waals surface area contributed by atoms with Crippen molar-refractivity contribution in [3.8, 4) is 0 Å². The molecule has 74 valence electrons. The third-order valence-corrected chi connectivity index (χ3v) is 3.54. The van der Waals surface area contributed by atoms with Crippen molar-refractivity contribution in [1.82, 2.24) is 10.3 Å². The van der Waals surface area contributed by atoms with Crippen LogP contribution >= 0.6 is 0 Å². The average molecular weight is 190 g/mol. The van der Waals surface area contributed by atoms with E-state index in [4.69, 9.17) is 0 Å². The third kappa shape index (κ3) is 1.03. The van der Waals surface area contributed by atoms with Crippen molar-refractivity contribution in [2.75, 3.05) is 0 Å². The lowest BCUT2D eigenvalue weighted by Gasteiger charge is -2.31. The summed E-state index contributed by atoms with van der Waals surface area (Å²) in [6, 6.07) is 4.59. The van der Waals surface area contributed by atoms with Crippen molar-refractivity contribution in [2.45, 2.75) is 36.9 Å². The molecule has 2 bridgehead atoms. The van der Waals surface area contributed by atoms with E-state index < -0.39 is 5.60 Å². The molecule has 0 aliphatic carbocycles. The van der Waals surface area contributed by atoms with Crippen molar-refractivity contribution in [3.63, 3.8) is 0 Å². The van der Waals surface area contributed by atoms with Crippen LogP contribution in [-0.4, -0.2) is 22.2 Å². The Morgan fingerprint density at radius 2 is 2.43 bits per heavy atom. The summed E-state index contributed by atoms with van der Waals surface area (Å²) >= 11 is 0. The van der Waals surface area contributed by atoms with Gasteiger partial charge in [0, 0.05) is 30.0 Å². The third-order valence-electron chi connectivity index (χ3n) is 3.54. The Morgan fingerprint density at radius 1 is 1.50 bits per heavy atom. The van der Waals surface area contributed by atoms with Crippen molar-refractivity contribution < 1.29 is 5.11 Å². The molecule has 2 aliphatic heterocycles. The maximum Gasteiger partial charge on any atom is 0.108 e. The quantitative estimate of drug-likeness (QED) is 0.688. The van der Waals surface area contributed by atoms with Crippen LogP contribution in [0.4, 0.5) is 0 Å². The highest BCUT2D eigenvalue weighted by Gasteiger charge is 2.50. The van der Waals surface area contributed by atoms with Gasteiger partial charge in [-0.25, -0.2) is 0 Å². The first-order valence-electron chi connectivity index (χ1n) is 5.18. The first-order valence-corrected chi connectivity index (χ1v) is 5.18. The predicted octanol–water partition coefficient (Wildman–Crippen LogP) is 0.793. The van der Waals surface area contributed by atoms with Crippen molar-refractivity contribution in [2.24, 2.45) is 0 Å². The zero-order chi connectivity index (χ0) is 9.60. The first kappa shape index (κ1) is 8.38. The normalized spacial score (nSPS) is 40.4. The SMILES string of the molecule is O[C@@]1(c2cccnc2)C[C@H]2CC[C@@H]1N2. The number of rotatable bonds is 1. The molecule has 0 saturated carbocycles. The number of hydrogen-bond donors (Lipinski definition) is 2. The molecule has 1 aromatic heterocycles. The highest BCUT2D eigenvalue weighted by atomic mass is 16.3. The molecule has 0 radical (unpaired) electrons. The van der Waals surface area contributed by atoms with Gasteiger partial charge in [-0.05, 0) is 25.3 Å². The van der Waals surface area contributed by atoms with Gasteiger partial charge in [-0.3, -0.25) is 4.98 Å². The van der Waals surface area contributed by atoms with Crippen LogP contribution in [-0.2, 0) is 5.60 Å². The van der Waals surface area contributed by atoms with Crippen molar-refractivity contribution in [1.29, 1.82) is 0 Å². The Labute approximate surface area is 83.2 Å². The molecule has 0 amide bonds. The Kier molecular flexibility index (Phi) is 1.66. The second kappa shape index (κ2) is 2.78. The maximum atomic E-state index is 10.6. The largest absolute Gasteiger partial charge is 0.383 e.